The fourth-order valence-corrected chi connectivity index (χ4v) is 1.71. The molecule has 1 heterocycles. The molecule has 1 rings (SSSR count). The van der Waals surface area contributed by atoms with Gasteiger partial charge in [-0.1, -0.05) is 6.08 Å². The first-order valence-electron chi connectivity index (χ1n) is 5.59. The molecule has 0 radical (unpaired) electrons. The minimum absolute atomic E-state index is 0.0118. The van der Waals surface area contributed by atoms with Gasteiger partial charge in [0.25, 0.3) is 0 Å². The lowest BCUT2D eigenvalue weighted by Crippen LogP contribution is -2.54. The quantitative estimate of drug-likeness (QED) is 0.780. The molecule has 0 saturated heterocycles. The lowest BCUT2D eigenvalue weighted by molar-refractivity contribution is -0.141. The minimum Gasteiger partial charge on any atom is -0.309 e. The van der Waals surface area contributed by atoms with Crippen molar-refractivity contribution < 1.29 is 9.59 Å². The van der Waals surface area contributed by atoms with E-state index < -0.39 is 5.54 Å². The van der Waals surface area contributed by atoms with Crippen LogP contribution in [0.15, 0.2) is 12.3 Å². The Morgan fingerprint density at radius 3 is 2.69 bits per heavy atom. The van der Waals surface area contributed by atoms with E-state index in [4.69, 9.17) is 0 Å². The number of carbonyl (C=O) groups excluding carboxylic acids is 2. The maximum atomic E-state index is 12.2. The Morgan fingerprint density at radius 2 is 2.19 bits per heavy atom. The van der Waals surface area contributed by atoms with Crippen molar-refractivity contribution in [1.29, 1.82) is 0 Å². The van der Waals surface area contributed by atoms with E-state index in [9.17, 15) is 9.59 Å². The third-order valence-corrected chi connectivity index (χ3v) is 3.22. The number of allylic oxidation sites excluding steroid dienone is 1. The van der Waals surface area contributed by atoms with Crippen molar-refractivity contribution in [2.45, 2.75) is 45.2 Å². The van der Waals surface area contributed by atoms with Crippen LogP contribution in [0.1, 0.15) is 33.6 Å². The average Bonchev–Trinajstić information content (AvgIpc) is 2.39. The van der Waals surface area contributed by atoms with Crippen LogP contribution >= 0.6 is 0 Å². The van der Waals surface area contributed by atoms with E-state index in [1.54, 1.807) is 32.0 Å². The van der Waals surface area contributed by atoms with Crippen molar-refractivity contribution in [2.75, 3.05) is 7.05 Å². The molecule has 0 spiro atoms. The van der Waals surface area contributed by atoms with Gasteiger partial charge in [-0.2, -0.15) is 0 Å². The molecule has 16 heavy (non-hydrogen) atoms. The molecule has 1 atom stereocenters. The summed E-state index contributed by atoms with van der Waals surface area (Å²) in [6.45, 7) is 5.06. The van der Waals surface area contributed by atoms with Gasteiger partial charge >= 0.3 is 0 Å². The van der Waals surface area contributed by atoms with Crippen LogP contribution in [-0.2, 0) is 9.59 Å². The third kappa shape index (κ3) is 2.32. The smallest absolute Gasteiger partial charge is 0.244 e. The lowest BCUT2D eigenvalue weighted by atomic mass is 9.97. The van der Waals surface area contributed by atoms with Crippen molar-refractivity contribution in [2.24, 2.45) is 0 Å². The monoisotopic (exact) mass is 224 g/mol. The zero-order chi connectivity index (χ0) is 12.3. The Morgan fingerprint density at radius 1 is 1.56 bits per heavy atom. The summed E-state index contributed by atoms with van der Waals surface area (Å²) in [6.07, 6.45) is 5.30. The molecule has 0 aromatic carbocycles. The summed E-state index contributed by atoms with van der Waals surface area (Å²) >= 11 is 0. The Labute approximate surface area is 96.7 Å². The van der Waals surface area contributed by atoms with Gasteiger partial charge in [-0.25, -0.2) is 0 Å². The number of carbonyl (C=O) groups is 2. The van der Waals surface area contributed by atoms with Gasteiger partial charge in [0.1, 0.15) is 0 Å². The summed E-state index contributed by atoms with van der Waals surface area (Å²) in [4.78, 5) is 25.3. The Kier molecular flexibility index (Phi) is 3.86. The van der Waals surface area contributed by atoms with Crippen LogP contribution in [-0.4, -0.2) is 35.2 Å². The highest BCUT2D eigenvalue weighted by molar-refractivity contribution is 5.93. The molecule has 0 saturated carbocycles. The molecule has 1 aliphatic rings. The number of rotatable bonds is 3. The van der Waals surface area contributed by atoms with Gasteiger partial charge in [0, 0.05) is 6.20 Å². The highest BCUT2D eigenvalue weighted by Crippen LogP contribution is 2.21. The predicted octanol–water partition coefficient (Wildman–Crippen LogP) is 1.08. The van der Waals surface area contributed by atoms with E-state index in [1.807, 2.05) is 6.08 Å². The Bertz CT molecular complexity index is 321. The first-order chi connectivity index (χ1) is 7.41. The lowest BCUT2D eigenvalue weighted by Gasteiger charge is -2.35. The largest absolute Gasteiger partial charge is 0.309 e. The highest BCUT2D eigenvalue weighted by Gasteiger charge is 2.37. The zero-order valence-corrected chi connectivity index (χ0v) is 10.4. The molecule has 1 aliphatic heterocycles. The van der Waals surface area contributed by atoms with E-state index in [-0.39, 0.29) is 17.7 Å². The van der Waals surface area contributed by atoms with Gasteiger partial charge in [0.15, 0.2) is 5.78 Å². The molecule has 4 heteroatoms. The molecule has 4 nitrogen and oxygen atoms in total. The van der Waals surface area contributed by atoms with E-state index in [0.29, 0.717) is 0 Å². The molecule has 0 fully saturated rings. The predicted molar refractivity (Wildman–Crippen MR) is 62.8 cm³/mol. The van der Waals surface area contributed by atoms with Crippen molar-refractivity contribution in [1.82, 2.24) is 10.2 Å². The summed E-state index contributed by atoms with van der Waals surface area (Å²) in [5.41, 5.74) is -0.771. The molecule has 0 aromatic heterocycles. The topological polar surface area (TPSA) is 49.4 Å². The van der Waals surface area contributed by atoms with Crippen LogP contribution in [0.25, 0.3) is 0 Å². The van der Waals surface area contributed by atoms with Crippen molar-refractivity contribution >= 4 is 11.7 Å². The number of amides is 1. The molecule has 90 valence electrons. The van der Waals surface area contributed by atoms with Crippen LogP contribution in [0, 0.1) is 0 Å². The van der Waals surface area contributed by atoms with E-state index >= 15 is 0 Å². The molecule has 1 N–H and O–H groups in total. The second-order valence-electron chi connectivity index (χ2n) is 4.63. The standard InChI is InChI=1S/C12H20N2O2/c1-9(15)12(2,3)14-8-6-5-7-10(13-4)11(14)16/h6,8,10,13H,5,7H2,1-4H3/t10-/m0/s1. The average molecular weight is 224 g/mol. The van der Waals surface area contributed by atoms with Crippen molar-refractivity contribution in [3.05, 3.63) is 12.3 Å². The van der Waals surface area contributed by atoms with Gasteiger partial charge in [-0.05, 0) is 40.7 Å². The van der Waals surface area contributed by atoms with Gasteiger partial charge in [-0.15, -0.1) is 0 Å². The SMILES string of the molecule is CN[C@H]1CCC=CN(C(C)(C)C(C)=O)C1=O. The van der Waals surface area contributed by atoms with Crippen LogP contribution < -0.4 is 5.32 Å². The maximum absolute atomic E-state index is 12.2. The fraction of sp³-hybridized carbons (Fsp3) is 0.667. The van der Waals surface area contributed by atoms with Gasteiger partial charge in [0.2, 0.25) is 5.91 Å². The zero-order valence-electron chi connectivity index (χ0n) is 10.4. The number of ketones is 1. The van der Waals surface area contributed by atoms with Gasteiger partial charge in [0.05, 0.1) is 11.6 Å². The summed E-state index contributed by atoms with van der Waals surface area (Å²) in [5, 5.41) is 2.99. The maximum Gasteiger partial charge on any atom is 0.244 e. The molecule has 0 bridgehead atoms. The van der Waals surface area contributed by atoms with E-state index in [0.717, 1.165) is 12.8 Å². The second-order valence-corrected chi connectivity index (χ2v) is 4.63. The number of nitrogens with one attached hydrogen (secondary N) is 1. The summed E-state index contributed by atoms with van der Waals surface area (Å²) in [6, 6.07) is -0.200. The number of Topliss-reactive ketones (excluding diaryl/α,β-unsaturated/α-hetero) is 1. The number of likely N-dealkylation sites (N-methyl/N-ethyl adjacent to an activating group) is 1. The normalized spacial score (nSPS) is 22.1. The van der Waals surface area contributed by atoms with E-state index in [2.05, 4.69) is 5.32 Å². The summed E-state index contributed by atoms with van der Waals surface area (Å²) in [5.74, 6) is -0.0429. The molecule has 0 unspecified atom stereocenters. The Hall–Kier alpha value is -1.16. The fourth-order valence-electron chi connectivity index (χ4n) is 1.71. The van der Waals surface area contributed by atoms with Gasteiger partial charge in [-0.3, -0.25) is 9.59 Å². The molecular weight excluding hydrogens is 204 g/mol. The summed E-state index contributed by atoms with van der Waals surface area (Å²) < 4.78 is 0. The van der Waals surface area contributed by atoms with Crippen LogP contribution in [0.4, 0.5) is 0 Å². The van der Waals surface area contributed by atoms with Gasteiger partial charge < -0.3 is 10.2 Å². The van der Waals surface area contributed by atoms with Crippen molar-refractivity contribution in [3.63, 3.8) is 0 Å². The van der Waals surface area contributed by atoms with E-state index in [1.165, 1.54) is 6.92 Å². The molecule has 0 aromatic rings. The van der Waals surface area contributed by atoms with Crippen LogP contribution in [0.3, 0.4) is 0 Å². The summed E-state index contributed by atoms with van der Waals surface area (Å²) in [7, 11) is 1.77. The molecular formula is C12H20N2O2. The first-order valence-corrected chi connectivity index (χ1v) is 5.59. The number of nitrogens with zero attached hydrogens (tertiary/aromatic N) is 1. The second kappa shape index (κ2) is 4.78. The molecule has 0 aliphatic carbocycles. The highest BCUT2D eigenvalue weighted by atomic mass is 16.2. The first kappa shape index (κ1) is 12.9. The van der Waals surface area contributed by atoms with Crippen molar-refractivity contribution in [3.8, 4) is 0 Å². The number of hydrogen-bond donors (Lipinski definition) is 1. The van der Waals surface area contributed by atoms with Crippen LogP contribution in [0.2, 0.25) is 0 Å². The number of hydrogen-bond acceptors (Lipinski definition) is 3. The Balaban J connectivity index is 3.01. The minimum atomic E-state index is -0.771. The molecule has 1 amide bonds. The van der Waals surface area contributed by atoms with Crippen LogP contribution in [0.5, 0.6) is 0 Å². The third-order valence-electron chi connectivity index (χ3n) is 3.22.